The maximum atomic E-state index is 4.44. The number of aryl methyl sites for hydroxylation is 2. The molecule has 0 aliphatic carbocycles. The Kier molecular flexibility index (Phi) is 4.18. The Labute approximate surface area is 104 Å². The number of nitrogens with zero attached hydrogens (tertiary/aromatic N) is 2. The van der Waals surface area contributed by atoms with Gasteiger partial charge in [-0.3, -0.25) is 4.68 Å². The van der Waals surface area contributed by atoms with E-state index in [1.54, 1.807) is 0 Å². The van der Waals surface area contributed by atoms with Gasteiger partial charge in [0.1, 0.15) is 0 Å². The molecule has 0 spiro atoms. The van der Waals surface area contributed by atoms with Crippen LogP contribution in [0.3, 0.4) is 0 Å². The van der Waals surface area contributed by atoms with Crippen LogP contribution in [0, 0.1) is 19.8 Å². The largest absolute Gasteiger partial charge is 0.317 e. The summed E-state index contributed by atoms with van der Waals surface area (Å²) in [5, 5.41) is 11.4. The minimum atomic E-state index is 0.841. The molecule has 0 bridgehead atoms. The Hall–Kier alpha value is -0.870. The van der Waals surface area contributed by atoms with Gasteiger partial charge in [0.25, 0.3) is 0 Å². The fourth-order valence-corrected chi connectivity index (χ4v) is 2.56. The zero-order chi connectivity index (χ0) is 12.3. The second-order valence-corrected chi connectivity index (χ2v) is 5.10. The Balaban J connectivity index is 1.81. The molecule has 0 radical (unpaired) electrons. The Bertz CT molecular complexity index is 364. The van der Waals surface area contributed by atoms with E-state index >= 15 is 0 Å². The van der Waals surface area contributed by atoms with Gasteiger partial charge in [-0.2, -0.15) is 5.10 Å². The number of hydrogen-bond donors (Lipinski definition) is 2. The highest BCUT2D eigenvalue weighted by atomic mass is 15.3. The van der Waals surface area contributed by atoms with Gasteiger partial charge in [-0.25, -0.2) is 0 Å². The molecule has 2 N–H and O–H groups in total. The highest BCUT2D eigenvalue weighted by molar-refractivity contribution is 5.23. The first-order valence-corrected chi connectivity index (χ1v) is 6.59. The molecule has 1 fully saturated rings. The van der Waals surface area contributed by atoms with E-state index in [1.165, 1.54) is 37.2 Å². The summed E-state index contributed by atoms with van der Waals surface area (Å²) in [6.45, 7) is 8.68. The Morgan fingerprint density at radius 3 is 2.65 bits per heavy atom. The van der Waals surface area contributed by atoms with Crippen LogP contribution in [0.4, 0.5) is 0 Å². The van der Waals surface area contributed by atoms with Crippen molar-refractivity contribution in [2.24, 2.45) is 13.0 Å². The van der Waals surface area contributed by atoms with E-state index in [1.807, 2.05) is 11.7 Å². The lowest BCUT2D eigenvalue weighted by atomic mass is 9.98. The molecule has 0 saturated carbocycles. The Morgan fingerprint density at radius 1 is 1.35 bits per heavy atom. The third kappa shape index (κ3) is 3.07. The van der Waals surface area contributed by atoms with Crippen molar-refractivity contribution in [3.8, 4) is 0 Å². The van der Waals surface area contributed by atoms with Crippen LogP contribution in [0.2, 0.25) is 0 Å². The lowest BCUT2D eigenvalue weighted by Gasteiger charge is -2.22. The molecule has 0 atom stereocenters. The summed E-state index contributed by atoms with van der Waals surface area (Å²) >= 11 is 0. The fourth-order valence-electron chi connectivity index (χ4n) is 2.56. The number of hydrogen-bond acceptors (Lipinski definition) is 3. The molecule has 0 unspecified atom stereocenters. The second kappa shape index (κ2) is 5.65. The standard InChI is InChI=1S/C13H24N4/c1-10-13(11(2)17(3)16-10)9-15-8-12-4-6-14-7-5-12/h12,14-15H,4-9H2,1-3H3. The van der Waals surface area contributed by atoms with E-state index < -0.39 is 0 Å². The van der Waals surface area contributed by atoms with Crippen molar-refractivity contribution in [3.63, 3.8) is 0 Å². The molecule has 0 amide bonds. The zero-order valence-electron chi connectivity index (χ0n) is 11.2. The lowest BCUT2D eigenvalue weighted by molar-refractivity contribution is 0.356. The van der Waals surface area contributed by atoms with Crippen molar-refractivity contribution >= 4 is 0 Å². The quantitative estimate of drug-likeness (QED) is 0.823. The van der Waals surface area contributed by atoms with Gasteiger partial charge in [0.2, 0.25) is 0 Å². The molecular formula is C13H24N4. The summed E-state index contributed by atoms with van der Waals surface area (Å²) in [7, 11) is 2.01. The minimum Gasteiger partial charge on any atom is -0.317 e. The molecule has 2 heterocycles. The molecule has 17 heavy (non-hydrogen) atoms. The molecular weight excluding hydrogens is 212 g/mol. The minimum absolute atomic E-state index is 0.841. The summed E-state index contributed by atoms with van der Waals surface area (Å²) in [4.78, 5) is 0. The molecule has 1 aromatic heterocycles. The maximum absolute atomic E-state index is 4.44. The zero-order valence-corrected chi connectivity index (χ0v) is 11.2. The van der Waals surface area contributed by atoms with Crippen molar-refractivity contribution in [1.82, 2.24) is 20.4 Å². The van der Waals surface area contributed by atoms with Crippen molar-refractivity contribution < 1.29 is 0 Å². The van der Waals surface area contributed by atoms with Crippen molar-refractivity contribution in [2.75, 3.05) is 19.6 Å². The molecule has 1 aliphatic rings. The predicted molar refractivity (Wildman–Crippen MR) is 70.0 cm³/mol. The van der Waals surface area contributed by atoms with Gasteiger partial charge >= 0.3 is 0 Å². The Morgan fingerprint density at radius 2 is 2.06 bits per heavy atom. The van der Waals surface area contributed by atoms with Crippen LogP contribution in [0.25, 0.3) is 0 Å². The van der Waals surface area contributed by atoms with Gasteiger partial charge in [0.15, 0.2) is 0 Å². The first-order valence-electron chi connectivity index (χ1n) is 6.59. The van der Waals surface area contributed by atoms with Gasteiger partial charge in [-0.1, -0.05) is 0 Å². The topological polar surface area (TPSA) is 41.9 Å². The second-order valence-electron chi connectivity index (χ2n) is 5.10. The van der Waals surface area contributed by atoms with Crippen LogP contribution in [-0.4, -0.2) is 29.4 Å². The highest BCUT2D eigenvalue weighted by Gasteiger charge is 2.13. The molecule has 1 saturated heterocycles. The molecule has 2 rings (SSSR count). The van der Waals surface area contributed by atoms with Crippen LogP contribution >= 0.6 is 0 Å². The molecule has 1 aromatic rings. The average Bonchev–Trinajstić information content (AvgIpc) is 2.57. The van der Waals surface area contributed by atoms with E-state index in [4.69, 9.17) is 0 Å². The van der Waals surface area contributed by atoms with E-state index in [-0.39, 0.29) is 0 Å². The van der Waals surface area contributed by atoms with Gasteiger partial charge in [0.05, 0.1) is 5.69 Å². The van der Waals surface area contributed by atoms with Crippen LogP contribution < -0.4 is 10.6 Å². The van der Waals surface area contributed by atoms with Crippen LogP contribution in [0.1, 0.15) is 29.8 Å². The molecule has 1 aliphatic heterocycles. The fraction of sp³-hybridized carbons (Fsp3) is 0.769. The number of rotatable bonds is 4. The number of aromatic nitrogens is 2. The normalized spacial score (nSPS) is 17.6. The third-order valence-corrected chi connectivity index (χ3v) is 3.85. The smallest absolute Gasteiger partial charge is 0.0641 e. The summed E-state index contributed by atoms with van der Waals surface area (Å²) in [5.41, 5.74) is 3.80. The van der Waals surface area contributed by atoms with E-state index in [2.05, 4.69) is 29.6 Å². The highest BCUT2D eigenvalue weighted by Crippen LogP contribution is 2.13. The maximum Gasteiger partial charge on any atom is 0.0641 e. The van der Waals surface area contributed by atoms with Crippen molar-refractivity contribution in [1.29, 1.82) is 0 Å². The van der Waals surface area contributed by atoms with Gasteiger partial charge in [-0.05, 0) is 52.2 Å². The van der Waals surface area contributed by atoms with Crippen LogP contribution in [-0.2, 0) is 13.6 Å². The van der Waals surface area contributed by atoms with Gasteiger partial charge in [0, 0.05) is 24.8 Å². The summed E-state index contributed by atoms with van der Waals surface area (Å²) in [6, 6.07) is 0. The third-order valence-electron chi connectivity index (χ3n) is 3.85. The van der Waals surface area contributed by atoms with Crippen molar-refractivity contribution in [3.05, 3.63) is 17.0 Å². The van der Waals surface area contributed by atoms with Crippen LogP contribution in [0.5, 0.6) is 0 Å². The van der Waals surface area contributed by atoms with E-state index in [0.29, 0.717) is 0 Å². The monoisotopic (exact) mass is 236 g/mol. The molecule has 4 heteroatoms. The van der Waals surface area contributed by atoms with Gasteiger partial charge < -0.3 is 10.6 Å². The summed E-state index contributed by atoms with van der Waals surface area (Å²) in [5.74, 6) is 0.841. The number of nitrogens with one attached hydrogen (secondary N) is 2. The average molecular weight is 236 g/mol. The lowest BCUT2D eigenvalue weighted by Crippen LogP contribution is -2.33. The molecule has 0 aromatic carbocycles. The SMILES string of the molecule is Cc1nn(C)c(C)c1CNCC1CCNCC1. The summed E-state index contributed by atoms with van der Waals surface area (Å²) < 4.78 is 1.97. The first-order chi connectivity index (χ1) is 8.18. The van der Waals surface area contributed by atoms with E-state index in [9.17, 15) is 0 Å². The van der Waals surface area contributed by atoms with Gasteiger partial charge in [-0.15, -0.1) is 0 Å². The van der Waals surface area contributed by atoms with Crippen molar-refractivity contribution in [2.45, 2.75) is 33.2 Å². The van der Waals surface area contributed by atoms with Crippen LogP contribution in [0.15, 0.2) is 0 Å². The first kappa shape index (κ1) is 12.6. The molecule has 4 nitrogen and oxygen atoms in total. The van der Waals surface area contributed by atoms with E-state index in [0.717, 1.165) is 24.7 Å². The predicted octanol–water partition coefficient (Wildman–Crippen LogP) is 1.13. The number of piperidine rings is 1. The molecule has 96 valence electrons. The summed E-state index contributed by atoms with van der Waals surface area (Å²) in [6.07, 6.45) is 2.61.